The fourth-order valence-corrected chi connectivity index (χ4v) is 3.66. The number of rotatable bonds is 14. The number of ether oxygens (including phenoxy) is 2. The molecule has 39 heavy (non-hydrogen) atoms. The molecule has 0 aliphatic rings. The number of amides is 2. The van der Waals surface area contributed by atoms with Crippen LogP contribution in [0.15, 0.2) is 65.7 Å². The predicted molar refractivity (Wildman–Crippen MR) is 155 cm³/mol. The summed E-state index contributed by atoms with van der Waals surface area (Å²) < 4.78 is 10.7. The predicted octanol–water partition coefficient (Wildman–Crippen LogP) is 5.30. The number of benzene rings is 2. The van der Waals surface area contributed by atoms with Gasteiger partial charge in [0.15, 0.2) is 5.78 Å². The lowest BCUT2D eigenvalue weighted by atomic mass is 10.0. The van der Waals surface area contributed by atoms with Crippen LogP contribution in [-0.2, 0) is 16.0 Å². The lowest BCUT2D eigenvalue weighted by Gasteiger charge is -2.19. The summed E-state index contributed by atoms with van der Waals surface area (Å²) in [5.74, 6) is 0.604. The molecule has 2 rings (SSSR count). The second-order valence-corrected chi connectivity index (χ2v) is 9.96. The highest BCUT2D eigenvalue weighted by molar-refractivity contribution is 6.12. The number of aryl methyl sites for hydroxylation is 1. The van der Waals surface area contributed by atoms with Gasteiger partial charge in [-0.05, 0) is 88.9 Å². The topological polar surface area (TPSA) is 106 Å². The lowest BCUT2D eigenvalue weighted by molar-refractivity contribution is -0.114. The molecule has 2 aromatic rings. The first-order valence-electron chi connectivity index (χ1n) is 13.4. The van der Waals surface area contributed by atoms with E-state index in [9.17, 15) is 14.4 Å². The second-order valence-electron chi connectivity index (χ2n) is 9.96. The molecule has 0 saturated heterocycles. The number of carbonyl (C=O) groups is 3. The molecular formula is C31H41N3O5. The Bertz CT molecular complexity index is 1160. The Balaban J connectivity index is 1.82. The van der Waals surface area contributed by atoms with Crippen molar-refractivity contribution in [2.45, 2.75) is 59.0 Å². The van der Waals surface area contributed by atoms with Crippen molar-refractivity contribution in [1.29, 1.82) is 0 Å². The highest BCUT2D eigenvalue weighted by atomic mass is 16.6. The van der Waals surface area contributed by atoms with E-state index in [0.29, 0.717) is 56.7 Å². The molecule has 210 valence electrons. The molecular weight excluding hydrogens is 494 g/mol. The van der Waals surface area contributed by atoms with Gasteiger partial charge in [-0.1, -0.05) is 24.3 Å². The average molecular weight is 536 g/mol. The van der Waals surface area contributed by atoms with Crippen LogP contribution in [0.1, 0.15) is 68.4 Å². The van der Waals surface area contributed by atoms with Gasteiger partial charge in [0.1, 0.15) is 11.4 Å². The number of alkyl carbamates (subject to hydrolysis) is 1. The van der Waals surface area contributed by atoms with Crippen LogP contribution in [0.4, 0.5) is 4.79 Å². The zero-order chi connectivity index (χ0) is 28.7. The summed E-state index contributed by atoms with van der Waals surface area (Å²) in [5, 5.41) is 5.61. The van der Waals surface area contributed by atoms with E-state index >= 15 is 0 Å². The molecule has 0 aromatic heterocycles. The molecule has 0 unspecified atom stereocenters. The van der Waals surface area contributed by atoms with Gasteiger partial charge in [-0.25, -0.2) is 4.79 Å². The van der Waals surface area contributed by atoms with E-state index in [1.807, 2.05) is 58.0 Å². The molecule has 0 aliphatic carbocycles. The molecule has 0 aliphatic heterocycles. The fraction of sp³-hybridized carbons (Fsp3) is 0.419. The monoisotopic (exact) mass is 535 g/mol. The molecule has 0 radical (unpaired) electrons. The van der Waals surface area contributed by atoms with Gasteiger partial charge >= 0.3 is 6.09 Å². The zero-order valence-corrected chi connectivity index (χ0v) is 23.7. The van der Waals surface area contributed by atoms with Gasteiger partial charge in [-0.2, -0.15) is 0 Å². The van der Waals surface area contributed by atoms with Crippen LogP contribution in [0, 0.1) is 0 Å². The van der Waals surface area contributed by atoms with Crippen molar-refractivity contribution in [2.24, 2.45) is 4.99 Å². The van der Waals surface area contributed by atoms with Crippen LogP contribution in [0.25, 0.3) is 0 Å². The minimum absolute atomic E-state index is 0.00646. The third-order valence-corrected chi connectivity index (χ3v) is 5.52. The smallest absolute Gasteiger partial charge is 0.407 e. The van der Waals surface area contributed by atoms with Crippen molar-refractivity contribution in [3.63, 3.8) is 0 Å². The molecule has 0 spiro atoms. The summed E-state index contributed by atoms with van der Waals surface area (Å²) in [5.41, 5.74) is 2.39. The summed E-state index contributed by atoms with van der Waals surface area (Å²) in [6, 6.07) is 14.9. The van der Waals surface area contributed by atoms with Crippen molar-refractivity contribution in [1.82, 2.24) is 10.6 Å². The van der Waals surface area contributed by atoms with Crippen molar-refractivity contribution < 1.29 is 23.9 Å². The van der Waals surface area contributed by atoms with Gasteiger partial charge in [0.05, 0.1) is 12.3 Å². The molecule has 8 nitrogen and oxygen atoms in total. The van der Waals surface area contributed by atoms with Crippen molar-refractivity contribution in [3.8, 4) is 5.75 Å². The number of hydrogen-bond donors (Lipinski definition) is 2. The van der Waals surface area contributed by atoms with E-state index in [4.69, 9.17) is 9.47 Å². The summed E-state index contributed by atoms with van der Waals surface area (Å²) in [7, 11) is 1.65. The van der Waals surface area contributed by atoms with E-state index in [2.05, 4.69) is 15.6 Å². The second kappa shape index (κ2) is 16.1. The van der Waals surface area contributed by atoms with Crippen LogP contribution in [0.5, 0.6) is 5.75 Å². The maximum absolute atomic E-state index is 12.6. The maximum atomic E-state index is 12.6. The summed E-state index contributed by atoms with van der Waals surface area (Å²) in [4.78, 5) is 41.1. The van der Waals surface area contributed by atoms with Gasteiger partial charge in [-0.15, -0.1) is 0 Å². The SMILES string of the molecule is CCOc1cccc(CCC(=O)/C=C\C(=NC)c2cccc(C(=O)NCCCCNC(=O)OC(C)(C)C)c2)c1. The van der Waals surface area contributed by atoms with Gasteiger partial charge in [0, 0.05) is 37.7 Å². The first kappa shape index (κ1) is 31.3. The lowest BCUT2D eigenvalue weighted by Crippen LogP contribution is -2.33. The van der Waals surface area contributed by atoms with E-state index in [1.54, 1.807) is 31.3 Å². The Kier molecular flexibility index (Phi) is 12.9. The number of nitrogens with zero attached hydrogens (tertiary/aromatic N) is 1. The number of hydrogen-bond acceptors (Lipinski definition) is 6. The Morgan fingerprint density at radius 2 is 1.62 bits per heavy atom. The first-order valence-corrected chi connectivity index (χ1v) is 13.4. The molecule has 2 N–H and O–H groups in total. The van der Waals surface area contributed by atoms with E-state index in [-0.39, 0.29) is 11.7 Å². The summed E-state index contributed by atoms with van der Waals surface area (Å²) in [6.07, 6.45) is 5.20. The number of allylic oxidation sites excluding steroid dienone is 2. The van der Waals surface area contributed by atoms with Crippen molar-refractivity contribution in [3.05, 3.63) is 77.4 Å². The highest BCUT2D eigenvalue weighted by Crippen LogP contribution is 2.15. The van der Waals surface area contributed by atoms with Crippen LogP contribution >= 0.6 is 0 Å². The first-order chi connectivity index (χ1) is 18.6. The molecule has 0 bridgehead atoms. The maximum Gasteiger partial charge on any atom is 0.407 e. The number of carbonyl (C=O) groups excluding carboxylic acids is 3. The van der Waals surface area contributed by atoms with Gasteiger partial charge in [-0.3, -0.25) is 14.6 Å². The minimum atomic E-state index is -0.530. The Labute approximate surface area is 231 Å². The van der Waals surface area contributed by atoms with Gasteiger partial charge in [0.25, 0.3) is 5.91 Å². The third-order valence-electron chi connectivity index (χ3n) is 5.52. The number of unbranched alkanes of at least 4 members (excludes halogenated alkanes) is 1. The normalized spacial score (nSPS) is 11.8. The van der Waals surface area contributed by atoms with Crippen molar-refractivity contribution in [2.75, 3.05) is 26.7 Å². The van der Waals surface area contributed by atoms with Gasteiger partial charge < -0.3 is 20.1 Å². The molecule has 2 aromatic carbocycles. The van der Waals surface area contributed by atoms with Crippen LogP contribution < -0.4 is 15.4 Å². The Morgan fingerprint density at radius 3 is 2.31 bits per heavy atom. The van der Waals surface area contributed by atoms with Crippen LogP contribution in [0.2, 0.25) is 0 Å². The largest absolute Gasteiger partial charge is 0.494 e. The number of nitrogens with one attached hydrogen (secondary N) is 2. The van der Waals surface area contributed by atoms with E-state index in [1.165, 1.54) is 6.08 Å². The molecule has 0 saturated carbocycles. The minimum Gasteiger partial charge on any atom is -0.494 e. The van der Waals surface area contributed by atoms with Crippen LogP contribution in [0.3, 0.4) is 0 Å². The van der Waals surface area contributed by atoms with E-state index in [0.717, 1.165) is 16.9 Å². The molecule has 0 fully saturated rings. The third kappa shape index (κ3) is 12.4. The van der Waals surface area contributed by atoms with Crippen molar-refractivity contribution >= 4 is 23.5 Å². The average Bonchev–Trinajstić information content (AvgIpc) is 2.89. The number of aliphatic imine (C=N–C) groups is 1. The fourth-order valence-electron chi connectivity index (χ4n) is 3.66. The Morgan fingerprint density at radius 1 is 0.923 bits per heavy atom. The molecule has 0 heterocycles. The highest BCUT2D eigenvalue weighted by Gasteiger charge is 2.15. The Hall–Kier alpha value is -3.94. The summed E-state index contributed by atoms with van der Waals surface area (Å²) >= 11 is 0. The standard InChI is InChI=1S/C31H41N3O5/c1-6-38-27-14-9-11-23(21-27)15-16-26(35)17-18-28(32-5)24-12-10-13-25(22-24)29(36)33-19-7-8-20-34-30(37)39-31(2,3)4/h9-14,17-18,21-22H,6-8,15-16,19-20H2,1-5H3,(H,33,36)(H,34,37)/b18-17-,32-28?. The summed E-state index contributed by atoms with van der Waals surface area (Å²) in [6.45, 7) is 8.93. The molecule has 2 amide bonds. The number of ketones is 1. The quantitative estimate of drug-likeness (QED) is 0.194. The zero-order valence-electron chi connectivity index (χ0n) is 23.7. The molecule has 0 atom stereocenters. The molecule has 8 heteroatoms. The van der Waals surface area contributed by atoms with Gasteiger partial charge in [0.2, 0.25) is 0 Å². The van der Waals surface area contributed by atoms with E-state index < -0.39 is 11.7 Å². The van der Waals surface area contributed by atoms with Crippen LogP contribution in [-0.4, -0.2) is 55.8 Å².